The van der Waals surface area contributed by atoms with Crippen molar-refractivity contribution in [3.05, 3.63) is 29.8 Å². The number of aliphatic hydroxyl groups is 1. The van der Waals surface area contributed by atoms with Crippen LogP contribution in [-0.2, 0) is 0 Å². The van der Waals surface area contributed by atoms with Gasteiger partial charge in [-0.25, -0.2) is 0 Å². The molecule has 1 heterocycles. The highest BCUT2D eigenvalue weighted by atomic mass is 16.3. The van der Waals surface area contributed by atoms with Gasteiger partial charge in [0, 0.05) is 19.6 Å². The molecule has 2 aliphatic carbocycles. The summed E-state index contributed by atoms with van der Waals surface area (Å²) in [6.07, 6.45) is 9.25. The molecule has 0 radical (unpaired) electrons. The third-order valence-corrected chi connectivity index (χ3v) is 6.84. The molecule has 2 atom stereocenters. The van der Waals surface area contributed by atoms with E-state index in [0.717, 1.165) is 38.9 Å². The van der Waals surface area contributed by atoms with Gasteiger partial charge in [0.15, 0.2) is 0 Å². The van der Waals surface area contributed by atoms with Crippen molar-refractivity contribution in [3.63, 3.8) is 0 Å². The number of aromatic hydroxyl groups is 1. The Balaban J connectivity index is 1.38. The van der Waals surface area contributed by atoms with E-state index >= 15 is 0 Å². The first-order valence-electron chi connectivity index (χ1n) is 9.87. The minimum atomic E-state index is -0.390. The summed E-state index contributed by atoms with van der Waals surface area (Å²) in [6, 6.07) is 7.91. The maximum Gasteiger partial charge on any atom is 0.115 e. The predicted octanol–water partition coefficient (Wildman–Crippen LogP) is 3.90. The Bertz CT molecular complexity index is 553. The standard InChI is InChI=1S/C21H31NO2/c23-19-6-4-5-16(13-19)20-17-7-8-18(20)15-22(14-17)12-11-21(24)9-2-1-3-10-21/h4-6,13,17-18,20,23-24H,1-3,7-12,14-15H2. The molecule has 0 aromatic heterocycles. The zero-order chi connectivity index (χ0) is 16.6. The van der Waals surface area contributed by atoms with E-state index in [4.69, 9.17) is 0 Å². The topological polar surface area (TPSA) is 43.7 Å². The molecule has 1 aliphatic heterocycles. The van der Waals surface area contributed by atoms with E-state index in [-0.39, 0.29) is 5.60 Å². The SMILES string of the molecule is Oc1cccc(C2C3CCC2CN(CCC2(O)CCCCC2)C3)c1. The van der Waals surface area contributed by atoms with Crippen LogP contribution in [0.4, 0.5) is 0 Å². The molecule has 132 valence electrons. The Morgan fingerprint density at radius 1 is 1.04 bits per heavy atom. The van der Waals surface area contributed by atoms with Crippen molar-refractivity contribution < 1.29 is 10.2 Å². The Morgan fingerprint density at radius 2 is 1.75 bits per heavy atom. The molecule has 3 aliphatic rings. The van der Waals surface area contributed by atoms with Crippen LogP contribution in [0.1, 0.15) is 62.8 Å². The molecule has 3 heteroatoms. The lowest BCUT2D eigenvalue weighted by Crippen LogP contribution is -2.44. The van der Waals surface area contributed by atoms with E-state index in [2.05, 4.69) is 11.0 Å². The molecule has 0 spiro atoms. The third-order valence-electron chi connectivity index (χ3n) is 6.84. The average molecular weight is 329 g/mol. The van der Waals surface area contributed by atoms with Crippen molar-refractivity contribution >= 4 is 0 Å². The number of benzene rings is 1. The zero-order valence-electron chi connectivity index (χ0n) is 14.7. The number of nitrogens with zero attached hydrogens (tertiary/aromatic N) is 1. The zero-order valence-corrected chi connectivity index (χ0v) is 14.7. The molecule has 2 unspecified atom stereocenters. The Morgan fingerprint density at radius 3 is 2.42 bits per heavy atom. The molecule has 24 heavy (non-hydrogen) atoms. The van der Waals surface area contributed by atoms with Crippen molar-refractivity contribution in [2.75, 3.05) is 19.6 Å². The number of phenolic OH excluding ortho intramolecular Hbond substituents is 1. The van der Waals surface area contributed by atoms with Gasteiger partial charge in [0.1, 0.15) is 5.75 Å². The molecule has 3 nitrogen and oxygen atoms in total. The first-order chi connectivity index (χ1) is 11.6. The maximum absolute atomic E-state index is 10.8. The van der Waals surface area contributed by atoms with E-state index in [0.29, 0.717) is 23.5 Å². The summed E-state index contributed by atoms with van der Waals surface area (Å²) in [5, 5.41) is 20.6. The number of likely N-dealkylation sites (tertiary alicyclic amines) is 1. The summed E-state index contributed by atoms with van der Waals surface area (Å²) in [4.78, 5) is 2.61. The van der Waals surface area contributed by atoms with Crippen molar-refractivity contribution in [1.29, 1.82) is 0 Å². The Labute approximate surface area is 145 Å². The molecule has 2 saturated carbocycles. The number of hydrogen-bond donors (Lipinski definition) is 2. The van der Waals surface area contributed by atoms with E-state index in [1.54, 1.807) is 6.07 Å². The fourth-order valence-electron chi connectivity index (χ4n) is 5.60. The minimum absolute atomic E-state index is 0.390. The van der Waals surface area contributed by atoms with Gasteiger partial charge >= 0.3 is 0 Å². The molecule has 1 saturated heterocycles. The van der Waals surface area contributed by atoms with Crippen LogP contribution in [0.25, 0.3) is 0 Å². The summed E-state index contributed by atoms with van der Waals surface area (Å²) in [5.74, 6) is 2.44. The largest absolute Gasteiger partial charge is 0.508 e. The van der Waals surface area contributed by atoms with Crippen LogP contribution in [0.3, 0.4) is 0 Å². The van der Waals surface area contributed by atoms with Crippen LogP contribution in [0.2, 0.25) is 0 Å². The lowest BCUT2D eigenvalue weighted by Gasteiger charge is -2.40. The first kappa shape index (κ1) is 16.4. The summed E-state index contributed by atoms with van der Waals surface area (Å²) < 4.78 is 0. The van der Waals surface area contributed by atoms with Gasteiger partial charge in [0.25, 0.3) is 0 Å². The highest BCUT2D eigenvalue weighted by molar-refractivity contribution is 5.32. The predicted molar refractivity (Wildman–Crippen MR) is 96.2 cm³/mol. The molecule has 3 fully saturated rings. The van der Waals surface area contributed by atoms with Crippen LogP contribution in [0.15, 0.2) is 24.3 Å². The first-order valence-corrected chi connectivity index (χ1v) is 9.87. The van der Waals surface area contributed by atoms with Crippen LogP contribution in [0.5, 0.6) is 5.75 Å². The van der Waals surface area contributed by atoms with Gasteiger partial charge in [-0.1, -0.05) is 31.4 Å². The van der Waals surface area contributed by atoms with Crippen LogP contribution in [-0.4, -0.2) is 40.3 Å². The fourth-order valence-corrected chi connectivity index (χ4v) is 5.60. The fraction of sp³-hybridized carbons (Fsp3) is 0.714. The van der Waals surface area contributed by atoms with Gasteiger partial charge in [-0.2, -0.15) is 0 Å². The molecule has 1 aromatic carbocycles. The quantitative estimate of drug-likeness (QED) is 0.880. The molecule has 2 N–H and O–H groups in total. The van der Waals surface area contributed by atoms with Crippen molar-refractivity contribution in [1.82, 2.24) is 4.90 Å². The van der Waals surface area contributed by atoms with Crippen molar-refractivity contribution in [2.24, 2.45) is 11.8 Å². The Hall–Kier alpha value is -1.06. The van der Waals surface area contributed by atoms with Crippen LogP contribution >= 0.6 is 0 Å². The van der Waals surface area contributed by atoms with Gasteiger partial charge in [0.2, 0.25) is 0 Å². The Kier molecular flexibility index (Phi) is 4.57. The van der Waals surface area contributed by atoms with Gasteiger partial charge in [-0.05, 0) is 67.6 Å². The minimum Gasteiger partial charge on any atom is -0.508 e. The van der Waals surface area contributed by atoms with Crippen molar-refractivity contribution in [2.45, 2.75) is 62.9 Å². The molecular formula is C21H31NO2. The monoisotopic (exact) mass is 329 g/mol. The smallest absolute Gasteiger partial charge is 0.115 e. The number of rotatable bonds is 4. The van der Waals surface area contributed by atoms with Gasteiger partial charge in [0.05, 0.1) is 5.60 Å². The van der Waals surface area contributed by atoms with E-state index in [9.17, 15) is 10.2 Å². The highest BCUT2D eigenvalue weighted by Crippen LogP contribution is 2.48. The molecule has 1 aromatic rings. The second-order valence-electron chi connectivity index (χ2n) is 8.51. The summed E-state index contributed by atoms with van der Waals surface area (Å²) in [7, 11) is 0. The number of piperidine rings is 1. The third kappa shape index (κ3) is 3.34. The lowest BCUT2D eigenvalue weighted by atomic mass is 9.79. The van der Waals surface area contributed by atoms with Gasteiger partial charge in [-0.3, -0.25) is 0 Å². The van der Waals surface area contributed by atoms with E-state index < -0.39 is 0 Å². The summed E-state index contributed by atoms with van der Waals surface area (Å²) >= 11 is 0. The molecular weight excluding hydrogens is 298 g/mol. The number of hydrogen-bond acceptors (Lipinski definition) is 3. The van der Waals surface area contributed by atoms with Crippen LogP contribution in [0, 0.1) is 11.8 Å². The second kappa shape index (κ2) is 6.68. The van der Waals surface area contributed by atoms with Crippen LogP contribution < -0.4 is 0 Å². The van der Waals surface area contributed by atoms with Gasteiger partial charge in [-0.15, -0.1) is 0 Å². The average Bonchev–Trinajstić information content (AvgIpc) is 2.84. The van der Waals surface area contributed by atoms with Crippen molar-refractivity contribution in [3.8, 4) is 5.75 Å². The highest BCUT2D eigenvalue weighted by Gasteiger charge is 2.43. The molecule has 0 amide bonds. The number of phenols is 1. The lowest BCUT2D eigenvalue weighted by molar-refractivity contribution is -0.0157. The van der Waals surface area contributed by atoms with Gasteiger partial charge < -0.3 is 15.1 Å². The van der Waals surface area contributed by atoms with E-state index in [1.165, 1.54) is 37.7 Å². The normalized spacial score (nSPS) is 32.8. The molecule has 2 bridgehead atoms. The maximum atomic E-state index is 10.8. The molecule has 4 rings (SSSR count). The number of fused-ring (bicyclic) bond motifs is 2. The second-order valence-corrected chi connectivity index (χ2v) is 8.51. The van der Waals surface area contributed by atoms with E-state index in [1.807, 2.05) is 12.1 Å². The summed E-state index contributed by atoms with van der Waals surface area (Å²) in [5.41, 5.74) is 0.937. The summed E-state index contributed by atoms with van der Waals surface area (Å²) in [6.45, 7) is 3.37.